The number of nitrogens with one attached hydrogen (secondary N) is 1. The Labute approximate surface area is 122 Å². The Hall–Kier alpha value is -1.54. The van der Waals surface area contributed by atoms with Gasteiger partial charge in [-0.1, -0.05) is 39.0 Å². The molecule has 1 aromatic carbocycles. The standard InChI is InChI=1S/C18H25NO/c1-5-13-8-9-15(12-14(13)6-2)18(19-4)16-10-11-20-17(16)7-3/h8-12,18-19H,5-7H2,1-4H3. The molecular formula is C18H25NO. The zero-order chi connectivity index (χ0) is 14.5. The topological polar surface area (TPSA) is 25.2 Å². The maximum atomic E-state index is 5.58. The van der Waals surface area contributed by atoms with E-state index >= 15 is 0 Å². The highest BCUT2D eigenvalue weighted by Gasteiger charge is 2.18. The average Bonchev–Trinajstić information content (AvgIpc) is 2.96. The van der Waals surface area contributed by atoms with Gasteiger partial charge in [-0.15, -0.1) is 0 Å². The Bertz CT molecular complexity index is 556. The highest BCUT2D eigenvalue weighted by atomic mass is 16.3. The van der Waals surface area contributed by atoms with Gasteiger partial charge in [-0.05, 0) is 42.6 Å². The molecule has 2 nitrogen and oxygen atoms in total. The van der Waals surface area contributed by atoms with Crippen molar-refractivity contribution in [2.24, 2.45) is 0 Å². The third-order valence-corrected chi connectivity index (χ3v) is 4.03. The molecule has 0 bridgehead atoms. The van der Waals surface area contributed by atoms with Gasteiger partial charge in [0, 0.05) is 12.0 Å². The molecule has 0 radical (unpaired) electrons. The maximum Gasteiger partial charge on any atom is 0.108 e. The van der Waals surface area contributed by atoms with E-state index in [-0.39, 0.29) is 6.04 Å². The summed E-state index contributed by atoms with van der Waals surface area (Å²) in [5, 5.41) is 3.42. The summed E-state index contributed by atoms with van der Waals surface area (Å²) in [5.74, 6) is 1.07. The van der Waals surface area contributed by atoms with Gasteiger partial charge in [-0.25, -0.2) is 0 Å². The summed E-state index contributed by atoms with van der Waals surface area (Å²) in [7, 11) is 2.01. The second kappa shape index (κ2) is 6.76. The van der Waals surface area contributed by atoms with Crippen LogP contribution in [0.15, 0.2) is 34.9 Å². The fourth-order valence-electron chi connectivity index (χ4n) is 2.90. The first-order valence-corrected chi connectivity index (χ1v) is 7.60. The van der Waals surface area contributed by atoms with Gasteiger partial charge in [0.1, 0.15) is 5.76 Å². The Morgan fingerprint density at radius 3 is 2.35 bits per heavy atom. The maximum absolute atomic E-state index is 5.58. The van der Waals surface area contributed by atoms with Crippen LogP contribution in [0.2, 0.25) is 0 Å². The Morgan fingerprint density at radius 1 is 1.00 bits per heavy atom. The molecule has 2 aromatic rings. The van der Waals surface area contributed by atoms with E-state index in [0.29, 0.717) is 0 Å². The second-order valence-electron chi connectivity index (χ2n) is 5.11. The molecule has 2 rings (SSSR count). The largest absolute Gasteiger partial charge is 0.469 e. The lowest BCUT2D eigenvalue weighted by molar-refractivity contribution is 0.505. The van der Waals surface area contributed by atoms with Crippen LogP contribution in [-0.4, -0.2) is 7.05 Å². The van der Waals surface area contributed by atoms with Crippen molar-refractivity contribution < 1.29 is 4.42 Å². The van der Waals surface area contributed by atoms with Crippen molar-refractivity contribution >= 4 is 0 Å². The highest BCUT2D eigenvalue weighted by molar-refractivity contribution is 5.39. The fourth-order valence-corrected chi connectivity index (χ4v) is 2.90. The molecule has 20 heavy (non-hydrogen) atoms. The lowest BCUT2D eigenvalue weighted by Crippen LogP contribution is -2.18. The third kappa shape index (κ3) is 2.80. The second-order valence-corrected chi connectivity index (χ2v) is 5.11. The van der Waals surface area contributed by atoms with Gasteiger partial charge in [0.2, 0.25) is 0 Å². The van der Waals surface area contributed by atoms with Gasteiger partial charge in [0.15, 0.2) is 0 Å². The quantitative estimate of drug-likeness (QED) is 0.848. The van der Waals surface area contributed by atoms with E-state index in [4.69, 9.17) is 4.42 Å². The number of rotatable bonds is 6. The molecule has 1 heterocycles. The van der Waals surface area contributed by atoms with Crippen LogP contribution in [0.4, 0.5) is 0 Å². The van der Waals surface area contributed by atoms with Gasteiger partial charge in [-0.3, -0.25) is 0 Å². The molecule has 1 atom stereocenters. The van der Waals surface area contributed by atoms with E-state index in [9.17, 15) is 0 Å². The summed E-state index contributed by atoms with van der Waals surface area (Å²) in [5.41, 5.74) is 5.47. The van der Waals surface area contributed by atoms with Gasteiger partial charge in [-0.2, -0.15) is 0 Å². The number of hydrogen-bond donors (Lipinski definition) is 1. The Balaban J connectivity index is 2.42. The molecule has 0 aliphatic rings. The normalized spacial score (nSPS) is 12.6. The summed E-state index contributed by atoms with van der Waals surface area (Å²) in [6.45, 7) is 6.57. The molecule has 0 saturated carbocycles. The van der Waals surface area contributed by atoms with Crippen molar-refractivity contribution in [3.05, 3.63) is 58.5 Å². The van der Waals surface area contributed by atoms with Crippen molar-refractivity contribution in [2.45, 2.75) is 46.1 Å². The fraction of sp³-hybridized carbons (Fsp3) is 0.444. The van der Waals surface area contributed by atoms with E-state index in [0.717, 1.165) is 25.0 Å². The summed E-state index contributed by atoms with van der Waals surface area (Å²) in [6, 6.07) is 9.14. The smallest absolute Gasteiger partial charge is 0.108 e. The molecule has 0 fully saturated rings. The summed E-state index contributed by atoms with van der Waals surface area (Å²) in [4.78, 5) is 0. The first kappa shape index (κ1) is 14.9. The average molecular weight is 271 g/mol. The van der Waals surface area contributed by atoms with Crippen molar-refractivity contribution in [1.82, 2.24) is 5.32 Å². The van der Waals surface area contributed by atoms with Crippen LogP contribution >= 0.6 is 0 Å². The van der Waals surface area contributed by atoms with Crippen molar-refractivity contribution in [1.29, 1.82) is 0 Å². The molecule has 1 aromatic heterocycles. The first-order chi connectivity index (χ1) is 9.74. The van der Waals surface area contributed by atoms with Gasteiger partial charge >= 0.3 is 0 Å². The van der Waals surface area contributed by atoms with E-state index in [1.54, 1.807) is 6.26 Å². The number of aryl methyl sites for hydroxylation is 3. The minimum absolute atomic E-state index is 0.208. The summed E-state index contributed by atoms with van der Waals surface area (Å²) < 4.78 is 5.58. The van der Waals surface area contributed by atoms with Crippen LogP contribution in [0.25, 0.3) is 0 Å². The lowest BCUT2D eigenvalue weighted by atomic mass is 9.93. The van der Waals surface area contributed by atoms with Gasteiger partial charge in [0.25, 0.3) is 0 Å². The molecule has 0 amide bonds. The van der Waals surface area contributed by atoms with Crippen molar-refractivity contribution in [3.8, 4) is 0 Å². The number of hydrogen-bond acceptors (Lipinski definition) is 2. The van der Waals surface area contributed by atoms with Crippen molar-refractivity contribution in [3.63, 3.8) is 0 Å². The van der Waals surface area contributed by atoms with Gasteiger partial charge < -0.3 is 9.73 Å². The molecule has 0 saturated heterocycles. The van der Waals surface area contributed by atoms with Crippen LogP contribution in [0.1, 0.15) is 54.8 Å². The molecule has 108 valence electrons. The van der Waals surface area contributed by atoms with E-state index < -0.39 is 0 Å². The Morgan fingerprint density at radius 2 is 1.75 bits per heavy atom. The zero-order valence-electron chi connectivity index (χ0n) is 13.0. The number of furan rings is 1. The lowest BCUT2D eigenvalue weighted by Gasteiger charge is -2.19. The minimum Gasteiger partial charge on any atom is -0.469 e. The van der Waals surface area contributed by atoms with Gasteiger partial charge in [0.05, 0.1) is 12.3 Å². The van der Waals surface area contributed by atoms with Crippen LogP contribution < -0.4 is 5.32 Å². The summed E-state index contributed by atoms with van der Waals surface area (Å²) in [6.07, 6.45) is 4.90. The van der Waals surface area contributed by atoms with E-state index in [1.165, 1.54) is 22.3 Å². The molecule has 1 N–H and O–H groups in total. The predicted octanol–water partition coefficient (Wildman–Crippen LogP) is 4.28. The van der Waals surface area contributed by atoms with Crippen LogP contribution in [0, 0.1) is 0 Å². The predicted molar refractivity (Wildman–Crippen MR) is 84.2 cm³/mol. The molecule has 1 unspecified atom stereocenters. The van der Waals surface area contributed by atoms with Crippen molar-refractivity contribution in [2.75, 3.05) is 7.05 Å². The molecule has 0 spiro atoms. The third-order valence-electron chi connectivity index (χ3n) is 4.03. The molecular weight excluding hydrogens is 246 g/mol. The SMILES string of the molecule is CCc1ccc(C(NC)c2ccoc2CC)cc1CC. The van der Waals surface area contributed by atoms with E-state index in [2.05, 4.69) is 50.4 Å². The molecule has 2 heteroatoms. The van der Waals surface area contributed by atoms with Crippen LogP contribution in [-0.2, 0) is 19.3 Å². The first-order valence-electron chi connectivity index (χ1n) is 7.60. The molecule has 0 aliphatic carbocycles. The summed E-state index contributed by atoms with van der Waals surface area (Å²) >= 11 is 0. The van der Waals surface area contributed by atoms with E-state index in [1.807, 2.05) is 7.05 Å². The van der Waals surface area contributed by atoms with Crippen LogP contribution in [0.5, 0.6) is 0 Å². The van der Waals surface area contributed by atoms with Crippen LogP contribution in [0.3, 0.4) is 0 Å². The molecule has 0 aliphatic heterocycles. The zero-order valence-corrected chi connectivity index (χ0v) is 13.0. The highest BCUT2D eigenvalue weighted by Crippen LogP contribution is 2.28. The Kier molecular flexibility index (Phi) is 5.02. The number of benzene rings is 1. The monoisotopic (exact) mass is 271 g/mol. The minimum atomic E-state index is 0.208.